The van der Waals surface area contributed by atoms with E-state index < -0.39 is 0 Å². The van der Waals surface area contributed by atoms with E-state index in [1.807, 2.05) is 24.3 Å². The third-order valence-corrected chi connectivity index (χ3v) is 4.41. The average Bonchev–Trinajstić information content (AvgIpc) is 3.19. The Morgan fingerprint density at radius 2 is 2.13 bits per heavy atom. The Labute approximate surface area is 143 Å². The molecule has 1 aliphatic carbocycles. The summed E-state index contributed by atoms with van der Waals surface area (Å²) in [7, 11) is 1.50. The normalized spacial score (nSPS) is 22.1. The molecule has 1 aromatic carbocycles. The van der Waals surface area contributed by atoms with Gasteiger partial charge in [0.2, 0.25) is 5.91 Å². The van der Waals surface area contributed by atoms with Gasteiger partial charge in [-0.1, -0.05) is 0 Å². The number of nitrogens with zero attached hydrogens (tertiary/aromatic N) is 1. The number of amides is 1. The minimum absolute atomic E-state index is 0. The Balaban J connectivity index is 0.00000192. The minimum atomic E-state index is -0.153. The number of anilines is 1. The summed E-state index contributed by atoms with van der Waals surface area (Å²) in [5, 5.41) is 2.76. The lowest BCUT2D eigenvalue weighted by Crippen LogP contribution is -2.25. The highest BCUT2D eigenvalue weighted by Gasteiger charge is 2.46. The maximum atomic E-state index is 11.4. The molecule has 5 nitrogen and oxygen atoms in total. The highest BCUT2D eigenvalue weighted by Crippen LogP contribution is 2.44. The number of carbonyl (C=O) groups is 1. The molecule has 2 aliphatic rings. The Morgan fingerprint density at radius 1 is 1.35 bits per heavy atom. The van der Waals surface area contributed by atoms with Crippen LogP contribution in [-0.2, 0) is 9.53 Å². The molecule has 1 amide bonds. The van der Waals surface area contributed by atoms with Gasteiger partial charge in [0, 0.05) is 25.4 Å². The SMILES string of the molecule is COCC(=O)Nc1ccc(OCCCN2CC[C@@H]3C[C@@H]32)cc1.Cl. The first-order valence-corrected chi connectivity index (χ1v) is 8.02. The van der Waals surface area contributed by atoms with Gasteiger partial charge in [0.05, 0.1) is 6.61 Å². The van der Waals surface area contributed by atoms with Crippen molar-refractivity contribution in [3.63, 3.8) is 0 Å². The standard InChI is InChI=1S/C17H24N2O3.ClH/c1-21-12-17(20)18-14-3-5-15(6-4-14)22-10-2-8-19-9-7-13-11-16(13)19;/h3-6,13,16H,2,7-12H2,1H3,(H,18,20);1H/t13-,16+;/m1./s1. The Bertz CT molecular complexity index is 509. The molecule has 1 aromatic rings. The van der Waals surface area contributed by atoms with Crippen LogP contribution in [0.5, 0.6) is 5.75 Å². The lowest BCUT2D eigenvalue weighted by Gasteiger charge is -2.17. The number of nitrogens with one attached hydrogen (secondary N) is 1. The zero-order chi connectivity index (χ0) is 15.4. The number of likely N-dealkylation sites (tertiary alicyclic amines) is 1. The van der Waals surface area contributed by atoms with Crippen molar-refractivity contribution in [3.05, 3.63) is 24.3 Å². The molecule has 1 saturated heterocycles. The van der Waals surface area contributed by atoms with Crippen molar-refractivity contribution in [2.24, 2.45) is 5.92 Å². The predicted molar refractivity (Wildman–Crippen MR) is 92.4 cm³/mol. The number of ether oxygens (including phenoxy) is 2. The van der Waals surface area contributed by atoms with Gasteiger partial charge in [-0.25, -0.2) is 0 Å². The van der Waals surface area contributed by atoms with Crippen LogP contribution in [0.2, 0.25) is 0 Å². The van der Waals surface area contributed by atoms with Crippen LogP contribution in [0.25, 0.3) is 0 Å². The van der Waals surface area contributed by atoms with Crippen LogP contribution >= 0.6 is 12.4 Å². The molecule has 2 fully saturated rings. The van der Waals surface area contributed by atoms with Crippen LogP contribution in [0.15, 0.2) is 24.3 Å². The summed E-state index contributed by atoms with van der Waals surface area (Å²) in [6, 6.07) is 8.34. The van der Waals surface area contributed by atoms with E-state index in [0.717, 1.165) is 43.0 Å². The molecule has 6 heteroatoms. The van der Waals surface area contributed by atoms with E-state index in [-0.39, 0.29) is 24.9 Å². The molecule has 0 radical (unpaired) electrons. The first-order chi connectivity index (χ1) is 10.8. The predicted octanol–water partition coefficient (Wildman–Crippen LogP) is 2.56. The van der Waals surface area contributed by atoms with Gasteiger partial charge in [-0.3, -0.25) is 9.69 Å². The third kappa shape index (κ3) is 5.09. The zero-order valence-electron chi connectivity index (χ0n) is 13.5. The van der Waals surface area contributed by atoms with Crippen molar-refractivity contribution in [1.82, 2.24) is 4.90 Å². The monoisotopic (exact) mass is 340 g/mol. The van der Waals surface area contributed by atoms with Gasteiger partial charge >= 0.3 is 0 Å². The highest BCUT2D eigenvalue weighted by atomic mass is 35.5. The molecule has 1 saturated carbocycles. The molecule has 1 heterocycles. The van der Waals surface area contributed by atoms with E-state index in [9.17, 15) is 4.79 Å². The molecule has 1 N–H and O–H groups in total. The molecule has 0 spiro atoms. The topological polar surface area (TPSA) is 50.8 Å². The number of rotatable bonds is 8. The van der Waals surface area contributed by atoms with Crippen molar-refractivity contribution in [2.45, 2.75) is 25.3 Å². The van der Waals surface area contributed by atoms with E-state index in [2.05, 4.69) is 10.2 Å². The van der Waals surface area contributed by atoms with Gasteiger partial charge < -0.3 is 14.8 Å². The molecule has 3 rings (SSSR count). The van der Waals surface area contributed by atoms with Gasteiger partial charge in [-0.2, -0.15) is 0 Å². The van der Waals surface area contributed by atoms with Gasteiger partial charge in [0.25, 0.3) is 0 Å². The molecule has 2 atom stereocenters. The number of halogens is 1. The number of fused-ring (bicyclic) bond motifs is 1. The van der Waals surface area contributed by atoms with E-state index in [4.69, 9.17) is 9.47 Å². The number of hydrogen-bond donors (Lipinski definition) is 1. The highest BCUT2D eigenvalue weighted by molar-refractivity contribution is 5.91. The van der Waals surface area contributed by atoms with Crippen LogP contribution in [0.1, 0.15) is 19.3 Å². The summed E-state index contributed by atoms with van der Waals surface area (Å²) in [5.74, 6) is 1.69. The van der Waals surface area contributed by atoms with Crippen molar-refractivity contribution in [1.29, 1.82) is 0 Å². The summed E-state index contributed by atoms with van der Waals surface area (Å²) in [6.07, 6.45) is 3.87. The number of hydrogen-bond acceptors (Lipinski definition) is 4. The summed E-state index contributed by atoms with van der Waals surface area (Å²) in [5.41, 5.74) is 0.756. The number of carbonyl (C=O) groups excluding carboxylic acids is 1. The molecule has 0 aromatic heterocycles. The van der Waals surface area contributed by atoms with E-state index in [0.29, 0.717) is 0 Å². The third-order valence-electron chi connectivity index (χ3n) is 4.41. The van der Waals surface area contributed by atoms with Gasteiger partial charge in [0.15, 0.2) is 0 Å². The van der Waals surface area contributed by atoms with E-state index in [1.165, 1.54) is 26.5 Å². The van der Waals surface area contributed by atoms with Gasteiger partial charge in [-0.15, -0.1) is 12.4 Å². The number of piperidine rings is 1. The van der Waals surface area contributed by atoms with Crippen LogP contribution < -0.4 is 10.1 Å². The smallest absolute Gasteiger partial charge is 0.250 e. The van der Waals surface area contributed by atoms with E-state index in [1.54, 1.807) is 0 Å². The lowest BCUT2D eigenvalue weighted by molar-refractivity contribution is -0.119. The quantitative estimate of drug-likeness (QED) is 0.739. The van der Waals surface area contributed by atoms with Crippen molar-refractivity contribution < 1.29 is 14.3 Å². The summed E-state index contributed by atoms with van der Waals surface area (Å²) in [6.45, 7) is 3.22. The molecule has 128 valence electrons. The summed E-state index contributed by atoms with van der Waals surface area (Å²) >= 11 is 0. The number of methoxy groups -OCH3 is 1. The number of benzene rings is 1. The minimum Gasteiger partial charge on any atom is -0.494 e. The fourth-order valence-corrected chi connectivity index (χ4v) is 3.18. The Morgan fingerprint density at radius 3 is 2.74 bits per heavy atom. The first kappa shape index (κ1) is 18.0. The largest absolute Gasteiger partial charge is 0.494 e. The maximum absolute atomic E-state index is 11.4. The Hall–Kier alpha value is -1.30. The van der Waals surface area contributed by atoms with Crippen LogP contribution in [0.3, 0.4) is 0 Å². The molecule has 1 aliphatic heterocycles. The second-order valence-electron chi connectivity index (χ2n) is 6.10. The van der Waals surface area contributed by atoms with Crippen molar-refractivity contribution in [3.8, 4) is 5.75 Å². The van der Waals surface area contributed by atoms with Gasteiger partial charge in [0.1, 0.15) is 12.4 Å². The van der Waals surface area contributed by atoms with Gasteiger partial charge in [-0.05, 0) is 56.0 Å². The molecular formula is C17H25ClN2O3. The average molecular weight is 341 g/mol. The molecule has 0 bridgehead atoms. The second kappa shape index (κ2) is 8.52. The van der Waals surface area contributed by atoms with Crippen molar-refractivity contribution in [2.75, 3.05) is 38.7 Å². The molecule has 0 unspecified atom stereocenters. The molecule has 23 heavy (non-hydrogen) atoms. The van der Waals surface area contributed by atoms with Crippen LogP contribution in [0, 0.1) is 5.92 Å². The maximum Gasteiger partial charge on any atom is 0.250 e. The lowest BCUT2D eigenvalue weighted by atomic mass is 10.3. The zero-order valence-corrected chi connectivity index (χ0v) is 14.3. The summed E-state index contributed by atoms with van der Waals surface area (Å²) in [4.78, 5) is 14.0. The van der Waals surface area contributed by atoms with Crippen LogP contribution in [0.4, 0.5) is 5.69 Å². The first-order valence-electron chi connectivity index (χ1n) is 8.02. The second-order valence-corrected chi connectivity index (χ2v) is 6.10. The summed E-state index contributed by atoms with van der Waals surface area (Å²) < 4.78 is 10.5. The van der Waals surface area contributed by atoms with Crippen LogP contribution in [-0.4, -0.2) is 50.3 Å². The van der Waals surface area contributed by atoms with E-state index >= 15 is 0 Å². The van der Waals surface area contributed by atoms with Crippen molar-refractivity contribution >= 4 is 24.0 Å². The fraction of sp³-hybridized carbons (Fsp3) is 0.588. The Kier molecular flexibility index (Phi) is 6.69. The fourth-order valence-electron chi connectivity index (χ4n) is 3.18. The molecular weight excluding hydrogens is 316 g/mol.